The van der Waals surface area contributed by atoms with Crippen molar-refractivity contribution in [1.29, 1.82) is 0 Å². The largest absolute Gasteiger partial charge is 0.497 e. The molecule has 0 fully saturated rings. The molecule has 0 aromatic heterocycles. The maximum Gasteiger partial charge on any atom is 0.224 e. The molecule has 2 aromatic carbocycles. The molecule has 0 atom stereocenters. The minimum absolute atomic E-state index is 0.00364. The molecule has 22 heavy (non-hydrogen) atoms. The Balaban J connectivity index is 1.68. The van der Waals surface area contributed by atoms with E-state index in [0.717, 1.165) is 22.7 Å². The van der Waals surface area contributed by atoms with Crippen LogP contribution < -0.4 is 14.8 Å². The first-order valence-electron chi connectivity index (χ1n) is 7.31. The quantitative estimate of drug-likeness (QED) is 0.791. The molecule has 0 aliphatic heterocycles. The summed E-state index contributed by atoms with van der Waals surface area (Å²) in [5, 5.41) is 2.89. The number of carbonyl (C=O) groups is 1. The van der Waals surface area contributed by atoms with E-state index in [4.69, 9.17) is 9.47 Å². The lowest BCUT2D eigenvalue weighted by Crippen LogP contribution is -2.12. The van der Waals surface area contributed by atoms with Crippen LogP contribution in [-0.4, -0.2) is 19.6 Å². The molecule has 4 nitrogen and oxygen atoms in total. The predicted molar refractivity (Wildman–Crippen MR) is 87.5 cm³/mol. The lowest BCUT2D eigenvalue weighted by molar-refractivity contribution is -0.116. The van der Waals surface area contributed by atoms with E-state index in [1.54, 1.807) is 7.11 Å². The number of carbonyl (C=O) groups excluding carboxylic acids is 1. The topological polar surface area (TPSA) is 47.6 Å². The molecule has 1 N–H and O–H groups in total. The Morgan fingerprint density at radius 3 is 2.50 bits per heavy atom. The van der Waals surface area contributed by atoms with Gasteiger partial charge in [0.25, 0.3) is 0 Å². The van der Waals surface area contributed by atoms with E-state index < -0.39 is 0 Å². The lowest BCUT2D eigenvalue weighted by atomic mass is 10.2. The summed E-state index contributed by atoms with van der Waals surface area (Å²) in [4.78, 5) is 11.8. The van der Waals surface area contributed by atoms with Crippen LogP contribution in [0.3, 0.4) is 0 Å². The zero-order chi connectivity index (χ0) is 15.8. The predicted octanol–water partition coefficient (Wildman–Crippen LogP) is 3.80. The molecule has 4 heteroatoms. The normalized spacial score (nSPS) is 10.1. The zero-order valence-corrected chi connectivity index (χ0v) is 13.0. The van der Waals surface area contributed by atoms with Gasteiger partial charge in [0.1, 0.15) is 11.5 Å². The van der Waals surface area contributed by atoms with Crippen molar-refractivity contribution in [3.8, 4) is 11.5 Å². The first kappa shape index (κ1) is 15.9. The minimum Gasteiger partial charge on any atom is -0.497 e. The average molecular weight is 299 g/mol. The summed E-state index contributed by atoms with van der Waals surface area (Å²) in [6, 6.07) is 15.2. The van der Waals surface area contributed by atoms with Crippen LogP contribution in [0.2, 0.25) is 0 Å². The van der Waals surface area contributed by atoms with Gasteiger partial charge in [0.2, 0.25) is 5.91 Å². The number of hydrogen-bond donors (Lipinski definition) is 1. The van der Waals surface area contributed by atoms with E-state index in [1.807, 2.05) is 55.5 Å². The summed E-state index contributed by atoms with van der Waals surface area (Å²) in [6.07, 6.45) is 1.10. The summed E-state index contributed by atoms with van der Waals surface area (Å²) in [5.41, 5.74) is 1.96. The molecular formula is C18H21NO3. The molecule has 2 rings (SSSR count). The van der Waals surface area contributed by atoms with Crippen molar-refractivity contribution < 1.29 is 14.3 Å². The van der Waals surface area contributed by atoms with Crippen molar-refractivity contribution >= 4 is 11.6 Å². The summed E-state index contributed by atoms with van der Waals surface area (Å²) < 4.78 is 10.7. The van der Waals surface area contributed by atoms with Crippen molar-refractivity contribution in [1.82, 2.24) is 0 Å². The van der Waals surface area contributed by atoms with Gasteiger partial charge in [0.15, 0.2) is 0 Å². The third kappa shape index (κ3) is 5.13. The SMILES string of the molecule is COc1ccc(OCCCC(=O)Nc2cccc(C)c2)cc1. The van der Waals surface area contributed by atoms with E-state index in [1.165, 1.54) is 0 Å². The van der Waals surface area contributed by atoms with E-state index in [-0.39, 0.29) is 5.91 Å². The summed E-state index contributed by atoms with van der Waals surface area (Å²) in [6.45, 7) is 2.51. The van der Waals surface area contributed by atoms with Gasteiger partial charge >= 0.3 is 0 Å². The molecule has 1 amide bonds. The number of methoxy groups -OCH3 is 1. The number of nitrogens with one attached hydrogen (secondary N) is 1. The van der Waals surface area contributed by atoms with E-state index in [0.29, 0.717) is 19.4 Å². The molecule has 0 bridgehead atoms. The molecule has 0 unspecified atom stereocenters. The average Bonchev–Trinajstić information content (AvgIpc) is 2.52. The number of ether oxygens (including phenoxy) is 2. The Kier molecular flexibility index (Phi) is 5.83. The Hall–Kier alpha value is -2.49. The standard InChI is InChI=1S/C18H21NO3/c1-14-5-3-6-15(13-14)19-18(20)7-4-12-22-17-10-8-16(21-2)9-11-17/h3,5-6,8-11,13H,4,7,12H2,1-2H3,(H,19,20). The Labute approximate surface area is 131 Å². The molecule has 2 aromatic rings. The summed E-state index contributed by atoms with van der Waals surface area (Å²) in [7, 11) is 1.63. The Morgan fingerprint density at radius 1 is 1.09 bits per heavy atom. The second kappa shape index (κ2) is 8.08. The van der Waals surface area contributed by atoms with E-state index >= 15 is 0 Å². The van der Waals surface area contributed by atoms with Crippen molar-refractivity contribution in [2.45, 2.75) is 19.8 Å². The molecule has 0 radical (unpaired) electrons. The fourth-order valence-electron chi connectivity index (χ4n) is 2.04. The third-order valence-electron chi connectivity index (χ3n) is 3.18. The first-order valence-corrected chi connectivity index (χ1v) is 7.31. The van der Waals surface area contributed by atoms with Crippen LogP contribution in [0.5, 0.6) is 11.5 Å². The van der Waals surface area contributed by atoms with Gasteiger partial charge in [-0.25, -0.2) is 0 Å². The highest BCUT2D eigenvalue weighted by molar-refractivity contribution is 5.90. The molecule has 0 saturated heterocycles. The van der Waals surface area contributed by atoms with Crippen LogP contribution in [0.4, 0.5) is 5.69 Å². The van der Waals surface area contributed by atoms with Crippen LogP contribution in [0.1, 0.15) is 18.4 Å². The van der Waals surface area contributed by atoms with Crippen molar-refractivity contribution in [2.75, 3.05) is 19.0 Å². The van der Waals surface area contributed by atoms with Crippen LogP contribution in [-0.2, 0) is 4.79 Å². The van der Waals surface area contributed by atoms with Crippen LogP contribution in [0, 0.1) is 6.92 Å². The van der Waals surface area contributed by atoms with Gasteiger partial charge in [0, 0.05) is 12.1 Å². The van der Waals surface area contributed by atoms with Crippen LogP contribution in [0.25, 0.3) is 0 Å². The molecular weight excluding hydrogens is 278 g/mol. The van der Waals surface area contributed by atoms with Gasteiger partial charge < -0.3 is 14.8 Å². The van der Waals surface area contributed by atoms with Gasteiger partial charge in [-0.3, -0.25) is 4.79 Å². The molecule has 0 aliphatic carbocycles. The van der Waals surface area contributed by atoms with Crippen molar-refractivity contribution in [3.05, 3.63) is 54.1 Å². The maximum atomic E-state index is 11.8. The third-order valence-corrected chi connectivity index (χ3v) is 3.18. The van der Waals surface area contributed by atoms with E-state index in [2.05, 4.69) is 5.32 Å². The number of aryl methyl sites for hydroxylation is 1. The highest BCUT2D eigenvalue weighted by Crippen LogP contribution is 2.17. The van der Waals surface area contributed by atoms with Gasteiger partial charge in [-0.1, -0.05) is 12.1 Å². The fraction of sp³-hybridized carbons (Fsp3) is 0.278. The second-order valence-electron chi connectivity index (χ2n) is 5.05. The molecule has 116 valence electrons. The van der Waals surface area contributed by atoms with Gasteiger partial charge in [0.05, 0.1) is 13.7 Å². The Morgan fingerprint density at radius 2 is 1.82 bits per heavy atom. The first-order chi connectivity index (χ1) is 10.7. The molecule has 0 heterocycles. The fourth-order valence-corrected chi connectivity index (χ4v) is 2.04. The minimum atomic E-state index is 0.00364. The number of anilines is 1. The number of rotatable bonds is 7. The summed E-state index contributed by atoms with van der Waals surface area (Å²) >= 11 is 0. The molecule has 0 saturated carbocycles. The zero-order valence-electron chi connectivity index (χ0n) is 13.0. The van der Waals surface area contributed by atoms with Gasteiger partial charge in [-0.15, -0.1) is 0 Å². The number of amides is 1. The van der Waals surface area contributed by atoms with Gasteiger partial charge in [-0.2, -0.15) is 0 Å². The summed E-state index contributed by atoms with van der Waals surface area (Å²) in [5.74, 6) is 1.58. The number of hydrogen-bond acceptors (Lipinski definition) is 3. The van der Waals surface area contributed by atoms with Crippen LogP contribution in [0.15, 0.2) is 48.5 Å². The highest BCUT2D eigenvalue weighted by atomic mass is 16.5. The van der Waals surface area contributed by atoms with E-state index in [9.17, 15) is 4.79 Å². The smallest absolute Gasteiger partial charge is 0.224 e. The van der Waals surface area contributed by atoms with Crippen molar-refractivity contribution in [2.24, 2.45) is 0 Å². The van der Waals surface area contributed by atoms with Gasteiger partial charge in [-0.05, 0) is 55.3 Å². The molecule has 0 spiro atoms. The second-order valence-corrected chi connectivity index (χ2v) is 5.05. The monoisotopic (exact) mass is 299 g/mol. The highest BCUT2D eigenvalue weighted by Gasteiger charge is 2.03. The lowest BCUT2D eigenvalue weighted by Gasteiger charge is -2.08. The Bertz CT molecular complexity index is 608. The molecule has 0 aliphatic rings. The maximum absolute atomic E-state index is 11.8. The van der Waals surface area contributed by atoms with Crippen molar-refractivity contribution in [3.63, 3.8) is 0 Å². The van der Waals surface area contributed by atoms with Crippen LogP contribution >= 0.6 is 0 Å². The number of benzene rings is 2.